The van der Waals surface area contributed by atoms with Crippen molar-refractivity contribution in [3.63, 3.8) is 0 Å². The summed E-state index contributed by atoms with van der Waals surface area (Å²) in [7, 11) is -3.78. The number of aromatic nitrogens is 1. The Balaban J connectivity index is 1.64. The molecule has 0 radical (unpaired) electrons. The Morgan fingerprint density at radius 2 is 1.94 bits per heavy atom. The number of ketones is 1. The van der Waals surface area contributed by atoms with Crippen LogP contribution in [-0.2, 0) is 26.5 Å². The summed E-state index contributed by atoms with van der Waals surface area (Å²) in [6, 6.07) is 7.31. The topological polar surface area (TPSA) is 112 Å². The highest BCUT2D eigenvalue weighted by Crippen LogP contribution is 2.41. The Morgan fingerprint density at radius 3 is 2.57 bits per heavy atom. The van der Waals surface area contributed by atoms with Crippen molar-refractivity contribution in [1.29, 1.82) is 0 Å². The van der Waals surface area contributed by atoms with Crippen molar-refractivity contribution in [1.82, 2.24) is 4.98 Å². The molecule has 2 N–H and O–H groups in total. The molecule has 2 aliphatic heterocycles. The molecule has 0 bridgehead atoms. The molecule has 2 aliphatic rings. The Bertz CT molecular complexity index is 1260. The number of carbonyl (C=O) groups excluding carboxylic acids is 1. The summed E-state index contributed by atoms with van der Waals surface area (Å²) in [4.78, 5) is 21.3. The van der Waals surface area contributed by atoms with Crippen molar-refractivity contribution < 1.29 is 22.3 Å². The van der Waals surface area contributed by atoms with E-state index >= 15 is 4.39 Å². The van der Waals surface area contributed by atoms with E-state index in [2.05, 4.69) is 9.98 Å². The lowest BCUT2D eigenvalue weighted by Gasteiger charge is -2.41. The number of aliphatic imine (C=N–C) groups is 1. The van der Waals surface area contributed by atoms with E-state index in [1.54, 1.807) is 19.9 Å². The molecule has 1 aromatic heterocycles. The second-order valence-electron chi connectivity index (χ2n) is 9.80. The normalized spacial score (nSPS) is 26.8. The van der Waals surface area contributed by atoms with Crippen LogP contribution in [0.5, 0.6) is 0 Å². The quantitative estimate of drug-likeness (QED) is 0.577. The van der Waals surface area contributed by atoms with Crippen LogP contribution in [0.25, 0.3) is 0 Å². The first-order chi connectivity index (χ1) is 16.4. The molecule has 188 valence electrons. The van der Waals surface area contributed by atoms with Gasteiger partial charge in [0, 0.05) is 31.4 Å². The first-order valence-electron chi connectivity index (χ1n) is 11.5. The van der Waals surface area contributed by atoms with Crippen LogP contribution in [0.1, 0.15) is 54.7 Å². The number of benzene rings is 1. The molecule has 0 unspecified atom stereocenters. The molecule has 0 amide bonds. The maximum atomic E-state index is 15.0. The number of pyridine rings is 1. The summed E-state index contributed by atoms with van der Waals surface area (Å²) in [5.74, 6) is -1.10. The van der Waals surface area contributed by atoms with E-state index in [1.165, 1.54) is 30.5 Å². The van der Waals surface area contributed by atoms with Crippen LogP contribution in [0.4, 0.5) is 4.39 Å². The third-order valence-electron chi connectivity index (χ3n) is 7.07. The van der Waals surface area contributed by atoms with Crippen molar-refractivity contribution in [3.8, 4) is 0 Å². The van der Waals surface area contributed by atoms with Gasteiger partial charge in [0.15, 0.2) is 15.6 Å². The summed E-state index contributed by atoms with van der Waals surface area (Å²) in [5.41, 5.74) is 5.75. The minimum Gasteiger partial charge on any atom is -0.386 e. The van der Waals surface area contributed by atoms with Crippen LogP contribution in [0.2, 0.25) is 5.02 Å². The average Bonchev–Trinajstić information content (AvgIpc) is 2.80. The van der Waals surface area contributed by atoms with E-state index in [1.807, 2.05) is 0 Å². The second kappa shape index (κ2) is 9.59. The number of nitrogens with two attached hydrogens (primary N) is 1. The van der Waals surface area contributed by atoms with Gasteiger partial charge in [-0.15, -0.1) is 0 Å². The zero-order valence-corrected chi connectivity index (χ0v) is 21.3. The Morgan fingerprint density at radius 1 is 1.23 bits per heavy atom. The summed E-state index contributed by atoms with van der Waals surface area (Å²) < 4.78 is 46.2. The second-order valence-corrected chi connectivity index (χ2v) is 12.7. The van der Waals surface area contributed by atoms with Crippen molar-refractivity contribution >= 4 is 33.1 Å². The van der Waals surface area contributed by atoms with Gasteiger partial charge in [0.1, 0.15) is 27.6 Å². The summed E-state index contributed by atoms with van der Waals surface area (Å²) in [6.45, 7) is 4.37. The Hall–Kier alpha value is -2.36. The zero-order valence-electron chi connectivity index (χ0n) is 19.8. The van der Waals surface area contributed by atoms with E-state index < -0.39 is 25.9 Å². The molecule has 0 aliphatic carbocycles. The summed E-state index contributed by atoms with van der Waals surface area (Å²) in [5, 5.41) is 0.413. The molecule has 10 heteroatoms. The predicted molar refractivity (Wildman–Crippen MR) is 133 cm³/mol. The van der Waals surface area contributed by atoms with Gasteiger partial charge in [-0.3, -0.25) is 14.8 Å². The molecule has 0 spiro atoms. The van der Waals surface area contributed by atoms with Gasteiger partial charge in [-0.1, -0.05) is 17.7 Å². The molecule has 7 nitrogen and oxygen atoms in total. The molecule has 3 heterocycles. The lowest BCUT2D eigenvalue weighted by Crippen LogP contribution is -2.57. The first-order valence-corrected chi connectivity index (χ1v) is 13.6. The van der Waals surface area contributed by atoms with Gasteiger partial charge in [0.05, 0.1) is 10.8 Å². The number of ether oxygens (including phenoxy) is 1. The molecule has 1 fully saturated rings. The van der Waals surface area contributed by atoms with E-state index in [0.29, 0.717) is 30.2 Å². The van der Waals surface area contributed by atoms with Gasteiger partial charge in [-0.2, -0.15) is 0 Å². The number of amidine groups is 1. The van der Waals surface area contributed by atoms with Crippen molar-refractivity contribution in [2.24, 2.45) is 16.6 Å². The molecule has 2 aromatic rings. The minimum absolute atomic E-state index is 0.0102. The van der Waals surface area contributed by atoms with E-state index in [0.717, 1.165) is 12.8 Å². The number of nitrogens with zero attached hydrogens (tertiary/aromatic N) is 2. The smallest absolute Gasteiger partial charge is 0.185 e. The Kier molecular flexibility index (Phi) is 7.05. The lowest BCUT2D eigenvalue weighted by molar-refractivity contribution is 0.0625. The average molecular weight is 522 g/mol. The van der Waals surface area contributed by atoms with E-state index in [-0.39, 0.29) is 41.0 Å². The molecule has 2 atom stereocenters. The van der Waals surface area contributed by atoms with E-state index in [9.17, 15) is 13.2 Å². The summed E-state index contributed by atoms with van der Waals surface area (Å²) >= 11 is 5.83. The monoisotopic (exact) mass is 521 g/mol. The van der Waals surface area contributed by atoms with Crippen LogP contribution >= 0.6 is 11.6 Å². The lowest BCUT2D eigenvalue weighted by atomic mass is 9.87. The van der Waals surface area contributed by atoms with E-state index in [4.69, 9.17) is 22.1 Å². The molecule has 4 rings (SSSR count). The molecular weight excluding hydrogens is 493 g/mol. The van der Waals surface area contributed by atoms with Crippen LogP contribution in [0.15, 0.2) is 41.5 Å². The molecule has 35 heavy (non-hydrogen) atoms. The zero-order chi connectivity index (χ0) is 25.4. The molecular formula is C25H29ClFN3O4S. The van der Waals surface area contributed by atoms with Crippen molar-refractivity contribution in [2.75, 3.05) is 19.0 Å². The minimum atomic E-state index is -3.78. The highest BCUT2D eigenvalue weighted by atomic mass is 35.5. The highest BCUT2D eigenvalue weighted by molar-refractivity contribution is 7.93. The van der Waals surface area contributed by atoms with Gasteiger partial charge in [-0.25, -0.2) is 12.8 Å². The maximum Gasteiger partial charge on any atom is 0.185 e. The maximum absolute atomic E-state index is 15.0. The van der Waals surface area contributed by atoms with Crippen LogP contribution in [0.3, 0.4) is 0 Å². The summed E-state index contributed by atoms with van der Waals surface area (Å²) in [6.07, 6.45) is 3.24. The van der Waals surface area contributed by atoms with Gasteiger partial charge in [0.25, 0.3) is 0 Å². The molecule has 0 saturated carbocycles. The van der Waals surface area contributed by atoms with Gasteiger partial charge in [0.2, 0.25) is 0 Å². The number of halogens is 2. The highest BCUT2D eigenvalue weighted by Gasteiger charge is 2.52. The van der Waals surface area contributed by atoms with Crippen LogP contribution in [0, 0.1) is 11.7 Å². The Labute approximate surface area is 209 Å². The molecule has 1 aromatic carbocycles. The van der Waals surface area contributed by atoms with Crippen molar-refractivity contribution in [2.45, 2.75) is 49.8 Å². The first kappa shape index (κ1) is 25.7. The van der Waals surface area contributed by atoms with Crippen LogP contribution in [-0.4, -0.2) is 48.7 Å². The number of carbonyl (C=O) groups is 1. The number of hydrogen-bond acceptors (Lipinski definition) is 7. The van der Waals surface area contributed by atoms with Crippen molar-refractivity contribution in [3.05, 3.63) is 64.2 Å². The fourth-order valence-electron chi connectivity index (χ4n) is 4.89. The van der Waals surface area contributed by atoms with Crippen LogP contribution < -0.4 is 5.73 Å². The largest absolute Gasteiger partial charge is 0.386 e. The fourth-order valence-corrected chi connectivity index (χ4v) is 7.13. The third-order valence-corrected chi connectivity index (χ3v) is 9.99. The van der Waals surface area contributed by atoms with Gasteiger partial charge < -0.3 is 10.5 Å². The predicted octanol–water partition coefficient (Wildman–Crippen LogP) is 3.88. The standard InChI is InChI=1S/C25H29ClFN3O4S/c1-24(15-35(32,33)25(2,23(28)30-24)13-16-7-9-34-10-8-16)19-11-17(3-5-20(19)27)12-22(31)21-6-4-18(26)14-29-21/h3-6,11,14,16H,7-10,12-13,15H2,1-2H3,(H2,28,30)/t24-,25-/m0/s1. The number of rotatable bonds is 6. The number of sulfone groups is 1. The number of hydrogen-bond donors (Lipinski definition) is 1. The fraction of sp³-hybridized carbons (Fsp3) is 0.480. The number of Topliss-reactive ketones (excluding diaryl/α,β-unsaturated/α-hetero) is 1. The van der Waals surface area contributed by atoms with Gasteiger partial charge in [-0.05, 0) is 68.9 Å². The van der Waals surface area contributed by atoms with Gasteiger partial charge >= 0.3 is 0 Å². The molecule has 1 saturated heterocycles. The third kappa shape index (κ3) is 5.13. The SMILES string of the molecule is C[C@]1(CC2CCOCC2)C(N)=N[C@](C)(c2cc(CC(=O)c3ccc(Cl)cn3)ccc2F)CS1(=O)=O.